The molecule has 1 aromatic carbocycles. The first-order valence-corrected chi connectivity index (χ1v) is 5.83. The van der Waals surface area contributed by atoms with E-state index in [1.807, 2.05) is 6.92 Å². The Morgan fingerprint density at radius 1 is 1.33 bits per heavy atom. The molecule has 0 aromatic heterocycles. The molecule has 0 saturated heterocycles. The van der Waals surface area contributed by atoms with E-state index in [9.17, 15) is 13.2 Å². The average molecular weight is 261 g/mol. The van der Waals surface area contributed by atoms with Gasteiger partial charge in [-0.15, -0.1) is 0 Å². The molecule has 0 aliphatic rings. The van der Waals surface area contributed by atoms with Gasteiger partial charge < -0.3 is 5.73 Å². The van der Waals surface area contributed by atoms with Crippen LogP contribution in [0.25, 0.3) is 0 Å². The topological polar surface area (TPSA) is 64.1 Å². The molecule has 5 N–H and O–H groups in total. The lowest BCUT2D eigenvalue weighted by Crippen LogP contribution is -2.29. The van der Waals surface area contributed by atoms with Crippen molar-refractivity contribution in [2.75, 3.05) is 5.73 Å². The van der Waals surface area contributed by atoms with E-state index in [4.69, 9.17) is 11.6 Å². The molecule has 0 heterocycles. The van der Waals surface area contributed by atoms with Gasteiger partial charge in [0.25, 0.3) is 0 Å². The normalized spacial score (nSPS) is 13.6. The Balaban J connectivity index is 3.05. The van der Waals surface area contributed by atoms with Crippen molar-refractivity contribution in [2.45, 2.75) is 38.4 Å². The third-order valence-corrected chi connectivity index (χ3v) is 2.84. The minimum atomic E-state index is -4.37. The number of anilines is 1. The second-order valence-electron chi connectivity index (χ2n) is 4.20. The van der Waals surface area contributed by atoms with E-state index < -0.39 is 11.7 Å². The van der Waals surface area contributed by atoms with Crippen LogP contribution in [0.3, 0.4) is 0 Å². The molecule has 0 aliphatic heterocycles. The zero-order valence-corrected chi connectivity index (χ0v) is 10.2. The fourth-order valence-corrected chi connectivity index (χ4v) is 1.79. The molecule has 102 valence electrons. The summed E-state index contributed by atoms with van der Waals surface area (Å²) >= 11 is 0. The number of unbranched alkanes of at least 4 members (excludes halogenated alkanes) is 1. The summed E-state index contributed by atoms with van der Waals surface area (Å²) in [4.78, 5) is 0. The van der Waals surface area contributed by atoms with Crippen LogP contribution in [0.2, 0.25) is 0 Å². The molecule has 0 spiro atoms. The quantitative estimate of drug-likeness (QED) is 0.434. The minimum absolute atomic E-state index is 0.321. The van der Waals surface area contributed by atoms with Crippen molar-refractivity contribution in [1.29, 1.82) is 0 Å². The van der Waals surface area contributed by atoms with E-state index in [2.05, 4.69) is 5.43 Å². The summed E-state index contributed by atoms with van der Waals surface area (Å²) in [5.41, 5.74) is 8.26. The Hall–Kier alpha value is -1.27. The van der Waals surface area contributed by atoms with Gasteiger partial charge in [-0.1, -0.05) is 19.8 Å². The summed E-state index contributed by atoms with van der Waals surface area (Å²) in [6.45, 7) is 2.00. The predicted molar refractivity (Wildman–Crippen MR) is 65.4 cm³/mol. The van der Waals surface area contributed by atoms with Crippen LogP contribution in [0.1, 0.15) is 43.4 Å². The van der Waals surface area contributed by atoms with E-state index in [1.54, 1.807) is 0 Å². The van der Waals surface area contributed by atoms with E-state index in [-0.39, 0.29) is 6.04 Å². The highest BCUT2D eigenvalue weighted by atomic mass is 19.4. The molecule has 3 nitrogen and oxygen atoms in total. The van der Waals surface area contributed by atoms with Crippen LogP contribution in [0.5, 0.6) is 0 Å². The van der Waals surface area contributed by atoms with Crippen LogP contribution in [-0.4, -0.2) is 0 Å². The fourth-order valence-electron chi connectivity index (χ4n) is 1.79. The van der Waals surface area contributed by atoms with Gasteiger partial charge in [0.15, 0.2) is 0 Å². The van der Waals surface area contributed by atoms with Gasteiger partial charge in [-0.2, -0.15) is 13.2 Å². The molecular formula is C12H18F3N3. The number of hydrazine groups is 1. The number of halogens is 3. The molecule has 0 amide bonds. The molecule has 0 fully saturated rings. The zero-order chi connectivity index (χ0) is 13.8. The Kier molecular flexibility index (Phi) is 4.98. The van der Waals surface area contributed by atoms with Crippen molar-refractivity contribution in [1.82, 2.24) is 5.43 Å². The van der Waals surface area contributed by atoms with Gasteiger partial charge in [0, 0.05) is 11.7 Å². The monoisotopic (exact) mass is 261 g/mol. The van der Waals surface area contributed by atoms with Crippen molar-refractivity contribution in [2.24, 2.45) is 5.84 Å². The Bertz CT molecular complexity index is 391. The van der Waals surface area contributed by atoms with Gasteiger partial charge in [0.05, 0.1) is 5.56 Å². The van der Waals surface area contributed by atoms with Gasteiger partial charge >= 0.3 is 6.18 Å². The highest BCUT2D eigenvalue weighted by molar-refractivity contribution is 5.50. The smallest absolute Gasteiger partial charge is 0.398 e. The average Bonchev–Trinajstić information content (AvgIpc) is 2.30. The summed E-state index contributed by atoms with van der Waals surface area (Å²) in [5, 5.41) is 0. The number of rotatable bonds is 5. The van der Waals surface area contributed by atoms with Gasteiger partial charge in [-0.05, 0) is 30.2 Å². The lowest BCUT2D eigenvalue weighted by molar-refractivity contribution is -0.137. The van der Waals surface area contributed by atoms with E-state index in [0.717, 1.165) is 25.0 Å². The second kappa shape index (κ2) is 6.06. The third kappa shape index (κ3) is 3.61. The molecule has 0 radical (unpaired) electrons. The second-order valence-corrected chi connectivity index (χ2v) is 4.20. The van der Waals surface area contributed by atoms with Gasteiger partial charge in [0.2, 0.25) is 0 Å². The van der Waals surface area contributed by atoms with Crippen LogP contribution in [-0.2, 0) is 6.18 Å². The first kappa shape index (κ1) is 14.8. The van der Waals surface area contributed by atoms with Crippen LogP contribution in [0.15, 0.2) is 18.2 Å². The summed E-state index contributed by atoms with van der Waals surface area (Å²) in [6, 6.07) is 2.96. The SMILES string of the molecule is CCCCC(NN)c1cc(C(F)(F)F)ccc1N. The molecule has 0 bridgehead atoms. The molecule has 0 saturated carbocycles. The molecule has 18 heavy (non-hydrogen) atoms. The molecule has 1 rings (SSSR count). The van der Waals surface area contributed by atoms with Gasteiger partial charge in [-0.25, -0.2) is 0 Å². The maximum absolute atomic E-state index is 12.6. The number of alkyl halides is 3. The van der Waals surface area contributed by atoms with Crippen molar-refractivity contribution >= 4 is 5.69 Å². The summed E-state index contributed by atoms with van der Waals surface area (Å²) < 4.78 is 37.9. The van der Waals surface area contributed by atoms with Crippen LogP contribution in [0.4, 0.5) is 18.9 Å². The standard InChI is InChI=1S/C12H18F3N3/c1-2-3-4-11(18-17)9-7-8(12(13,14)15)5-6-10(9)16/h5-7,11,18H,2-4,16-17H2,1H3. The van der Waals surface area contributed by atoms with Crippen LogP contribution >= 0.6 is 0 Å². The van der Waals surface area contributed by atoms with Crippen molar-refractivity contribution in [3.05, 3.63) is 29.3 Å². The number of benzene rings is 1. The van der Waals surface area contributed by atoms with E-state index in [1.165, 1.54) is 6.07 Å². The maximum atomic E-state index is 12.6. The minimum Gasteiger partial charge on any atom is -0.398 e. The molecule has 0 aliphatic carbocycles. The largest absolute Gasteiger partial charge is 0.416 e. The Morgan fingerprint density at radius 3 is 2.50 bits per heavy atom. The zero-order valence-electron chi connectivity index (χ0n) is 10.2. The van der Waals surface area contributed by atoms with Gasteiger partial charge in [-0.3, -0.25) is 11.3 Å². The molecular weight excluding hydrogens is 243 g/mol. The highest BCUT2D eigenvalue weighted by Gasteiger charge is 2.31. The summed E-state index contributed by atoms with van der Waals surface area (Å²) in [7, 11) is 0. The van der Waals surface area contributed by atoms with Crippen molar-refractivity contribution in [3.63, 3.8) is 0 Å². The number of nitrogen functional groups attached to an aromatic ring is 1. The number of hydrogen-bond donors (Lipinski definition) is 3. The first-order chi connectivity index (χ1) is 8.40. The number of nitrogens with two attached hydrogens (primary N) is 2. The number of nitrogens with one attached hydrogen (secondary N) is 1. The van der Waals surface area contributed by atoms with Gasteiger partial charge in [0.1, 0.15) is 0 Å². The van der Waals surface area contributed by atoms with E-state index in [0.29, 0.717) is 17.7 Å². The number of hydrogen-bond acceptors (Lipinski definition) is 3. The summed E-state index contributed by atoms with van der Waals surface area (Å²) in [6.07, 6.45) is -1.91. The van der Waals surface area contributed by atoms with Crippen molar-refractivity contribution < 1.29 is 13.2 Å². The van der Waals surface area contributed by atoms with Crippen LogP contribution < -0.4 is 17.0 Å². The first-order valence-electron chi connectivity index (χ1n) is 5.83. The molecule has 1 unspecified atom stereocenters. The molecule has 1 atom stereocenters. The van der Waals surface area contributed by atoms with Crippen LogP contribution in [0, 0.1) is 0 Å². The molecule has 6 heteroatoms. The maximum Gasteiger partial charge on any atom is 0.416 e. The highest BCUT2D eigenvalue weighted by Crippen LogP contribution is 2.33. The van der Waals surface area contributed by atoms with E-state index >= 15 is 0 Å². The predicted octanol–water partition coefficient (Wildman–Crippen LogP) is 2.98. The lowest BCUT2D eigenvalue weighted by Gasteiger charge is -2.19. The lowest BCUT2D eigenvalue weighted by atomic mass is 9.98. The molecule has 1 aromatic rings. The van der Waals surface area contributed by atoms with Crippen molar-refractivity contribution in [3.8, 4) is 0 Å². The fraction of sp³-hybridized carbons (Fsp3) is 0.500. The third-order valence-electron chi connectivity index (χ3n) is 2.84. The Morgan fingerprint density at radius 2 is 2.00 bits per heavy atom. The Labute approximate surface area is 104 Å². The summed E-state index contributed by atoms with van der Waals surface area (Å²) in [5.74, 6) is 5.39.